The Labute approximate surface area is 199 Å². The van der Waals surface area contributed by atoms with Crippen LogP contribution in [0.2, 0.25) is 0 Å². The van der Waals surface area contributed by atoms with Crippen molar-refractivity contribution in [2.24, 2.45) is 0 Å². The van der Waals surface area contributed by atoms with E-state index in [4.69, 9.17) is 4.42 Å². The molecule has 0 fully saturated rings. The average molecular weight is 452 g/mol. The number of fused-ring (bicyclic) bond motifs is 2. The highest BCUT2D eigenvalue weighted by atomic mass is 16.3. The number of benzene rings is 3. The Morgan fingerprint density at radius 3 is 2.56 bits per heavy atom. The molecule has 1 atom stereocenters. The third-order valence-electron chi connectivity index (χ3n) is 6.55. The fourth-order valence-electron chi connectivity index (χ4n) is 4.47. The molecule has 0 spiro atoms. The van der Waals surface area contributed by atoms with Gasteiger partial charge in [-0.3, -0.25) is 10.1 Å². The Hall–Kier alpha value is -3.83. The summed E-state index contributed by atoms with van der Waals surface area (Å²) in [6, 6.07) is 26.3. The maximum Gasteiger partial charge on any atom is 0.240 e. The zero-order chi connectivity index (χ0) is 23.5. The van der Waals surface area contributed by atoms with Gasteiger partial charge in [0.25, 0.3) is 0 Å². The first kappa shape index (κ1) is 22.0. The van der Waals surface area contributed by atoms with Gasteiger partial charge in [0.2, 0.25) is 5.91 Å². The van der Waals surface area contributed by atoms with Gasteiger partial charge in [-0.25, -0.2) is 0 Å². The molecule has 34 heavy (non-hydrogen) atoms. The van der Waals surface area contributed by atoms with E-state index in [1.165, 1.54) is 0 Å². The molecule has 2 aromatic heterocycles. The molecule has 1 unspecified atom stereocenters. The second-order valence-electron chi connectivity index (χ2n) is 9.08. The first-order chi connectivity index (χ1) is 16.5. The van der Waals surface area contributed by atoms with E-state index in [0.717, 1.165) is 44.3 Å². The summed E-state index contributed by atoms with van der Waals surface area (Å²) in [4.78, 5) is 16.9. The molecular formula is C29H29N3O2. The summed E-state index contributed by atoms with van der Waals surface area (Å²) < 4.78 is 5.99. The SMILES string of the molecule is Cc1ccccc1CNC(=O)C(C)(Cc1c[nH]c2ccccc12)NCc1cc2ccccc2o1. The standard InChI is InChI=1S/C29H29N3O2/c1-20-9-3-4-11-22(20)17-31-28(33)29(2,16-23-18-30-26-13-7-6-12-25(23)26)32-19-24-15-21-10-5-8-14-27(21)34-24/h3-15,18,30,32H,16-17,19H2,1-2H3,(H,31,33). The number of aryl methyl sites for hydroxylation is 1. The van der Waals surface area contributed by atoms with Crippen LogP contribution in [0.1, 0.15) is 29.4 Å². The number of aromatic nitrogens is 1. The van der Waals surface area contributed by atoms with E-state index in [2.05, 4.69) is 46.8 Å². The highest BCUT2D eigenvalue weighted by molar-refractivity contribution is 5.89. The molecule has 0 aliphatic heterocycles. The molecule has 0 saturated carbocycles. The van der Waals surface area contributed by atoms with E-state index in [-0.39, 0.29) is 5.91 Å². The van der Waals surface area contributed by atoms with Gasteiger partial charge in [-0.2, -0.15) is 0 Å². The molecule has 1 amide bonds. The first-order valence-corrected chi connectivity index (χ1v) is 11.6. The van der Waals surface area contributed by atoms with Crippen LogP contribution in [0.15, 0.2) is 89.5 Å². The van der Waals surface area contributed by atoms with Gasteiger partial charge in [0.05, 0.1) is 12.1 Å². The summed E-state index contributed by atoms with van der Waals surface area (Å²) >= 11 is 0. The molecule has 0 radical (unpaired) electrons. The highest BCUT2D eigenvalue weighted by Gasteiger charge is 2.34. The minimum absolute atomic E-state index is 0.0443. The molecule has 3 N–H and O–H groups in total. The lowest BCUT2D eigenvalue weighted by molar-refractivity contribution is -0.127. The molecule has 5 nitrogen and oxygen atoms in total. The van der Waals surface area contributed by atoms with Gasteiger partial charge in [0.15, 0.2) is 0 Å². The molecular weight excluding hydrogens is 422 g/mol. The van der Waals surface area contributed by atoms with Crippen LogP contribution in [0.4, 0.5) is 0 Å². The predicted molar refractivity (Wildman–Crippen MR) is 136 cm³/mol. The second kappa shape index (κ2) is 9.20. The number of para-hydroxylation sites is 2. The van der Waals surface area contributed by atoms with Crippen molar-refractivity contribution in [2.45, 2.75) is 38.9 Å². The predicted octanol–water partition coefficient (Wildman–Crippen LogP) is 5.63. The molecule has 0 aliphatic rings. The molecule has 3 aromatic carbocycles. The number of rotatable bonds is 8. The zero-order valence-corrected chi connectivity index (χ0v) is 19.5. The summed E-state index contributed by atoms with van der Waals surface area (Å²) in [7, 11) is 0. The summed E-state index contributed by atoms with van der Waals surface area (Å²) in [6.07, 6.45) is 2.54. The van der Waals surface area contributed by atoms with Crippen molar-refractivity contribution in [2.75, 3.05) is 0 Å². The maximum atomic E-state index is 13.6. The number of hydrogen-bond donors (Lipinski definition) is 3. The second-order valence-corrected chi connectivity index (χ2v) is 9.08. The monoisotopic (exact) mass is 451 g/mol. The van der Waals surface area contributed by atoms with E-state index >= 15 is 0 Å². The minimum Gasteiger partial charge on any atom is -0.460 e. The number of carbonyl (C=O) groups is 1. The maximum absolute atomic E-state index is 13.6. The number of hydrogen-bond acceptors (Lipinski definition) is 3. The van der Waals surface area contributed by atoms with Gasteiger partial charge in [0.1, 0.15) is 11.3 Å². The summed E-state index contributed by atoms with van der Waals surface area (Å²) in [6.45, 7) is 4.96. The van der Waals surface area contributed by atoms with Gasteiger partial charge in [-0.1, -0.05) is 60.7 Å². The zero-order valence-electron chi connectivity index (χ0n) is 19.5. The number of H-pyrrole nitrogens is 1. The first-order valence-electron chi connectivity index (χ1n) is 11.6. The number of furan rings is 1. The van der Waals surface area contributed by atoms with Crippen LogP contribution in [0, 0.1) is 6.92 Å². The molecule has 5 rings (SSSR count). The fourth-order valence-corrected chi connectivity index (χ4v) is 4.47. The highest BCUT2D eigenvalue weighted by Crippen LogP contribution is 2.24. The number of amides is 1. The van der Waals surface area contributed by atoms with Crippen molar-refractivity contribution in [3.63, 3.8) is 0 Å². The fraction of sp³-hybridized carbons (Fsp3) is 0.207. The van der Waals surface area contributed by atoms with Crippen LogP contribution in [0.3, 0.4) is 0 Å². The largest absolute Gasteiger partial charge is 0.460 e. The molecule has 0 saturated heterocycles. The Bertz CT molecular complexity index is 1420. The Kier molecular flexibility index (Phi) is 5.95. The van der Waals surface area contributed by atoms with Crippen LogP contribution in [0.25, 0.3) is 21.9 Å². The molecule has 0 bridgehead atoms. The Balaban J connectivity index is 1.39. The lowest BCUT2D eigenvalue weighted by Crippen LogP contribution is -2.55. The lowest BCUT2D eigenvalue weighted by atomic mass is 9.91. The van der Waals surface area contributed by atoms with Gasteiger partial charge in [-0.15, -0.1) is 0 Å². The number of nitrogens with one attached hydrogen (secondary N) is 3. The van der Waals surface area contributed by atoms with Gasteiger partial charge in [-0.05, 0) is 48.7 Å². The van der Waals surface area contributed by atoms with Crippen LogP contribution in [0.5, 0.6) is 0 Å². The summed E-state index contributed by atoms with van der Waals surface area (Å²) in [5.41, 5.74) is 4.45. The van der Waals surface area contributed by atoms with Crippen molar-refractivity contribution >= 4 is 27.8 Å². The topological polar surface area (TPSA) is 70.1 Å². The van der Waals surface area contributed by atoms with Crippen molar-refractivity contribution in [1.29, 1.82) is 0 Å². The normalized spacial score (nSPS) is 13.2. The number of aromatic amines is 1. The Morgan fingerprint density at radius 1 is 0.941 bits per heavy atom. The van der Waals surface area contributed by atoms with Gasteiger partial charge < -0.3 is 14.7 Å². The van der Waals surface area contributed by atoms with Gasteiger partial charge in [0, 0.05) is 35.5 Å². The molecule has 2 heterocycles. The lowest BCUT2D eigenvalue weighted by Gasteiger charge is -2.29. The molecule has 172 valence electrons. The van der Waals surface area contributed by atoms with E-state index in [9.17, 15) is 4.79 Å². The van der Waals surface area contributed by atoms with Crippen LogP contribution in [-0.4, -0.2) is 16.4 Å². The van der Waals surface area contributed by atoms with E-state index < -0.39 is 5.54 Å². The van der Waals surface area contributed by atoms with Crippen molar-refractivity contribution in [3.05, 3.63) is 108 Å². The summed E-state index contributed by atoms with van der Waals surface area (Å²) in [5.74, 6) is 0.759. The van der Waals surface area contributed by atoms with Crippen molar-refractivity contribution in [1.82, 2.24) is 15.6 Å². The van der Waals surface area contributed by atoms with Gasteiger partial charge >= 0.3 is 0 Å². The van der Waals surface area contributed by atoms with Crippen molar-refractivity contribution in [3.8, 4) is 0 Å². The number of carbonyl (C=O) groups excluding carboxylic acids is 1. The quantitative estimate of drug-likeness (QED) is 0.286. The Morgan fingerprint density at radius 2 is 1.71 bits per heavy atom. The molecule has 5 heteroatoms. The van der Waals surface area contributed by atoms with E-state index in [0.29, 0.717) is 19.5 Å². The molecule has 0 aliphatic carbocycles. The summed E-state index contributed by atoms with van der Waals surface area (Å²) in [5, 5.41) is 8.86. The van der Waals surface area contributed by atoms with Crippen molar-refractivity contribution < 1.29 is 9.21 Å². The molecule has 5 aromatic rings. The minimum atomic E-state index is -0.841. The van der Waals surface area contributed by atoms with E-state index in [1.807, 2.05) is 67.7 Å². The van der Waals surface area contributed by atoms with Crippen LogP contribution in [-0.2, 0) is 24.3 Å². The third kappa shape index (κ3) is 4.47. The van der Waals surface area contributed by atoms with Crippen LogP contribution < -0.4 is 10.6 Å². The van der Waals surface area contributed by atoms with E-state index in [1.54, 1.807) is 0 Å². The third-order valence-corrected chi connectivity index (χ3v) is 6.55. The van der Waals surface area contributed by atoms with Crippen LogP contribution >= 0.6 is 0 Å². The average Bonchev–Trinajstić information content (AvgIpc) is 3.46. The smallest absolute Gasteiger partial charge is 0.240 e.